The van der Waals surface area contributed by atoms with Gasteiger partial charge < -0.3 is 10.2 Å². The Kier molecular flexibility index (Phi) is 5.34. The van der Waals surface area contributed by atoms with Crippen molar-refractivity contribution in [1.82, 2.24) is 5.32 Å². The summed E-state index contributed by atoms with van der Waals surface area (Å²) in [6, 6.07) is 6.87. The summed E-state index contributed by atoms with van der Waals surface area (Å²) >= 11 is 6.24. The number of hydrogen-bond acceptors (Lipinski definition) is 2. The van der Waals surface area contributed by atoms with Gasteiger partial charge >= 0.3 is 0 Å². The molecular formula is C17H27ClN2. The molecule has 1 aromatic carbocycles. The molecule has 1 fully saturated rings. The van der Waals surface area contributed by atoms with Crippen LogP contribution in [0.5, 0.6) is 0 Å². The van der Waals surface area contributed by atoms with E-state index in [0.29, 0.717) is 6.04 Å². The standard InChI is InChI=1S/C17H27ClN2/c1-5-19-10-15-6-7-16(18)9-17(15)20-11-12(2)8-13(3)14(20)4/h6-7,9,12-14,19H,5,8,10-11H2,1-4H3. The zero-order valence-electron chi connectivity index (χ0n) is 13.1. The van der Waals surface area contributed by atoms with Crippen LogP contribution in [0.3, 0.4) is 0 Å². The predicted octanol–water partition coefficient (Wildman–Crippen LogP) is 4.32. The molecule has 0 aromatic heterocycles. The van der Waals surface area contributed by atoms with E-state index in [2.05, 4.69) is 50.0 Å². The Morgan fingerprint density at radius 1 is 1.30 bits per heavy atom. The normalized spacial score (nSPS) is 26.9. The molecule has 3 atom stereocenters. The van der Waals surface area contributed by atoms with E-state index in [1.54, 1.807) is 0 Å². The molecule has 2 nitrogen and oxygen atoms in total. The number of piperidine rings is 1. The minimum absolute atomic E-state index is 0.574. The van der Waals surface area contributed by atoms with Gasteiger partial charge in [-0.1, -0.05) is 38.4 Å². The Morgan fingerprint density at radius 2 is 2.05 bits per heavy atom. The highest BCUT2D eigenvalue weighted by Crippen LogP contribution is 2.34. The molecule has 0 amide bonds. The summed E-state index contributed by atoms with van der Waals surface area (Å²) in [7, 11) is 0. The van der Waals surface area contributed by atoms with Crippen LogP contribution in [0, 0.1) is 11.8 Å². The first-order valence-corrected chi connectivity index (χ1v) is 8.16. The predicted molar refractivity (Wildman–Crippen MR) is 88.6 cm³/mol. The first kappa shape index (κ1) is 15.7. The Morgan fingerprint density at radius 3 is 2.75 bits per heavy atom. The second-order valence-electron chi connectivity index (χ2n) is 6.26. The molecule has 0 radical (unpaired) electrons. The molecule has 3 unspecified atom stereocenters. The van der Waals surface area contributed by atoms with Crippen LogP contribution < -0.4 is 10.2 Å². The molecular weight excluding hydrogens is 268 g/mol. The minimum Gasteiger partial charge on any atom is -0.368 e. The van der Waals surface area contributed by atoms with Crippen molar-refractivity contribution in [3.8, 4) is 0 Å². The Hall–Kier alpha value is -0.730. The number of halogens is 1. The summed E-state index contributed by atoms with van der Waals surface area (Å²) in [6.45, 7) is 12.2. The summed E-state index contributed by atoms with van der Waals surface area (Å²) in [5.74, 6) is 1.47. The van der Waals surface area contributed by atoms with E-state index in [1.165, 1.54) is 17.7 Å². The molecule has 1 heterocycles. The second kappa shape index (κ2) is 6.82. The fourth-order valence-electron chi connectivity index (χ4n) is 3.25. The monoisotopic (exact) mass is 294 g/mol. The van der Waals surface area contributed by atoms with Gasteiger partial charge in [-0.05, 0) is 49.4 Å². The van der Waals surface area contributed by atoms with Crippen LogP contribution in [-0.4, -0.2) is 19.1 Å². The maximum atomic E-state index is 6.24. The van der Waals surface area contributed by atoms with Crippen LogP contribution >= 0.6 is 11.6 Å². The maximum Gasteiger partial charge on any atom is 0.0429 e. The first-order chi connectivity index (χ1) is 9.52. The molecule has 1 saturated heterocycles. The van der Waals surface area contributed by atoms with Crippen molar-refractivity contribution in [3.63, 3.8) is 0 Å². The van der Waals surface area contributed by atoms with E-state index in [9.17, 15) is 0 Å². The molecule has 0 bridgehead atoms. The fraction of sp³-hybridized carbons (Fsp3) is 0.647. The number of rotatable bonds is 4. The Labute approximate surface area is 128 Å². The van der Waals surface area contributed by atoms with Gasteiger partial charge in [0.05, 0.1) is 0 Å². The second-order valence-corrected chi connectivity index (χ2v) is 6.70. The summed E-state index contributed by atoms with van der Waals surface area (Å²) in [6.07, 6.45) is 1.32. The molecule has 1 N–H and O–H groups in total. The fourth-order valence-corrected chi connectivity index (χ4v) is 3.41. The molecule has 1 aliphatic rings. The molecule has 20 heavy (non-hydrogen) atoms. The van der Waals surface area contributed by atoms with Crippen LogP contribution in [0.4, 0.5) is 5.69 Å². The lowest BCUT2D eigenvalue weighted by atomic mass is 9.85. The van der Waals surface area contributed by atoms with Crippen LogP contribution in [0.25, 0.3) is 0 Å². The van der Waals surface area contributed by atoms with Crippen LogP contribution in [0.15, 0.2) is 18.2 Å². The maximum absolute atomic E-state index is 6.24. The molecule has 0 spiro atoms. The van der Waals surface area contributed by atoms with Crippen molar-refractivity contribution in [3.05, 3.63) is 28.8 Å². The highest BCUT2D eigenvalue weighted by atomic mass is 35.5. The van der Waals surface area contributed by atoms with E-state index < -0.39 is 0 Å². The molecule has 0 saturated carbocycles. The number of hydrogen-bond donors (Lipinski definition) is 1. The first-order valence-electron chi connectivity index (χ1n) is 7.78. The number of anilines is 1. The van der Waals surface area contributed by atoms with Crippen molar-refractivity contribution in [2.75, 3.05) is 18.0 Å². The van der Waals surface area contributed by atoms with Gasteiger partial charge in [-0.3, -0.25) is 0 Å². The zero-order chi connectivity index (χ0) is 14.7. The number of benzene rings is 1. The van der Waals surface area contributed by atoms with E-state index in [1.807, 2.05) is 6.07 Å². The SMILES string of the molecule is CCNCc1ccc(Cl)cc1N1CC(C)CC(C)C1C. The number of nitrogens with zero attached hydrogens (tertiary/aromatic N) is 1. The van der Waals surface area contributed by atoms with Crippen molar-refractivity contribution in [2.45, 2.75) is 46.7 Å². The third kappa shape index (κ3) is 3.48. The third-order valence-electron chi connectivity index (χ3n) is 4.52. The van der Waals surface area contributed by atoms with Gasteiger partial charge in [0.25, 0.3) is 0 Å². The molecule has 1 aliphatic heterocycles. The Balaban J connectivity index is 2.31. The van der Waals surface area contributed by atoms with Crippen molar-refractivity contribution in [1.29, 1.82) is 0 Å². The van der Waals surface area contributed by atoms with E-state index in [-0.39, 0.29) is 0 Å². The molecule has 1 aromatic rings. The third-order valence-corrected chi connectivity index (χ3v) is 4.75. The van der Waals surface area contributed by atoms with Gasteiger partial charge in [0.1, 0.15) is 0 Å². The van der Waals surface area contributed by atoms with Gasteiger partial charge in [0, 0.05) is 29.8 Å². The Bertz CT molecular complexity index is 447. The van der Waals surface area contributed by atoms with Crippen molar-refractivity contribution in [2.24, 2.45) is 11.8 Å². The quantitative estimate of drug-likeness (QED) is 0.889. The molecule has 112 valence electrons. The van der Waals surface area contributed by atoms with Crippen molar-refractivity contribution >= 4 is 17.3 Å². The van der Waals surface area contributed by atoms with Crippen LogP contribution in [0.1, 0.15) is 39.7 Å². The van der Waals surface area contributed by atoms with Crippen molar-refractivity contribution < 1.29 is 0 Å². The van der Waals surface area contributed by atoms with Gasteiger partial charge in [-0.25, -0.2) is 0 Å². The molecule has 2 rings (SSSR count). The smallest absolute Gasteiger partial charge is 0.0429 e. The lowest BCUT2D eigenvalue weighted by molar-refractivity contribution is 0.296. The lowest BCUT2D eigenvalue weighted by Crippen LogP contribution is -2.46. The largest absolute Gasteiger partial charge is 0.368 e. The average molecular weight is 295 g/mol. The van der Waals surface area contributed by atoms with E-state index >= 15 is 0 Å². The highest BCUT2D eigenvalue weighted by molar-refractivity contribution is 6.30. The molecule has 0 aliphatic carbocycles. The topological polar surface area (TPSA) is 15.3 Å². The number of nitrogens with one attached hydrogen (secondary N) is 1. The summed E-state index contributed by atoms with van der Waals surface area (Å²) < 4.78 is 0. The summed E-state index contributed by atoms with van der Waals surface area (Å²) in [4.78, 5) is 2.55. The summed E-state index contributed by atoms with van der Waals surface area (Å²) in [5, 5.41) is 4.26. The van der Waals surface area contributed by atoms with E-state index in [4.69, 9.17) is 11.6 Å². The average Bonchev–Trinajstić information content (AvgIpc) is 2.41. The highest BCUT2D eigenvalue weighted by Gasteiger charge is 2.29. The van der Waals surface area contributed by atoms with Gasteiger partial charge in [-0.15, -0.1) is 0 Å². The van der Waals surface area contributed by atoms with Gasteiger partial charge in [0.15, 0.2) is 0 Å². The minimum atomic E-state index is 0.574. The summed E-state index contributed by atoms with van der Waals surface area (Å²) in [5.41, 5.74) is 2.66. The van der Waals surface area contributed by atoms with Gasteiger partial charge in [0.2, 0.25) is 0 Å². The molecule has 3 heteroatoms. The van der Waals surface area contributed by atoms with E-state index in [0.717, 1.165) is 36.5 Å². The van der Waals surface area contributed by atoms with Crippen LogP contribution in [0.2, 0.25) is 5.02 Å². The lowest BCUT2D eigenvalue weighted by Gasteiger charge is -2.43. The van der Waals surface area contributed by atoms with Crippen LogP contribution in [-0.2, 0) is 6.54 Å². The zero-order valence-corrected chi connectivity index (χ0v) is 13.9. The van der Waals surface area contributed by atoms with Gasteiger partial charge in [-0.2, -0.15) is 0 Å².